The van der Waals surface area contributed by atoms with E-state index in [2.05, 4.69) is 10.8 Å². The molecular formula is C24H28N2O7. The standard InChI is InChI=1S/C24H28N2O7/c1-24(2,3)33-23(30)26-32-13-12-20(21(27)28)25-22(29)31-14-19-17-10-6-4-8-15(17)16-9-5-7-11-18(16)19/h4-11,19-20H,12-14H2,1-3H3,(H,25,29)(H,26,30)(H,27,28). The minimum absolute atomic E-state index is 0.0723. The molecule has 176 valence electrons. The molecule has 0 aromatic heterocycles. The molecule has 0 fully saturated rings. The molecule has 0 radical (unpaired) electrons. The van der Waals surface area contributed by atoms with E-state index in [9.17, 15) is 19.5 Å². The van der Waals surface area contributed by atoms with Gasteiger partial charge in [-0.15, -0.1) is 0 Å². The van der Waals surface area contributed by atoms with E-state index in [1.807, 2.05) is 48.5 Å². The minimum atomic E-state index is -1.25. The zero-order valence-electron chi connectivity index (χ0n) is 18.8. The van der Waals surface area contributed by atoms with E-state index in [0.29, 0.717) is 0 Å². The molecule has 1 aliphatic rings. The smallest absolute Gasteiger partial charge is 0.431 e. The average Bonchev–Trinajstić information content (AvgIpc) is 3.07. The Hall–Kier alpha value is -3.59. The largest absolute Gasteiger partial charge is 0.480 e. The lowest BCUT2D eigenvalue weighted by Crippen LogP contribution is -2.42. The molecule has 1 unspecified atom stereocenters. The third kappa shape index (κ3) is 6.45. The number of hydrogen-bond donors (Lipinski definition) is 3. The van der Waals surface area contributed by atoms with Gasteiger partial charge < -0.3 is 19.9 Å². The van der Waals surface area contributed by atoms with Crippen molar-refractivity contribution in [1.29, 1.82) is 0 Å². The molecule has 2 aromatic rings. The number of nitrogens with one attached hydrogen (secondary N) is 2. The van der Waals surface area contributed by atoms with E-state index in [4.69, 9.17) is 14.3 Å². The van der Waals surface area contributed by atoms with Crippen LogP contribution < -0.4 is 10.8 Å². The van der Waals surface area contributed by atoms with Crippen LogP contribution >= 0.6 is 0 Å². The maximum atomic E-state index is 12.3. The number of hydrogen-bond acceptors (Lipinski definition) is 6. The highest BCUT2D eigenvalue weighted by Crippen LogP contribution is 2.44. The van der Waals surface area contributed by atoms with Gasteiger partial charge >= 0.3 is 18.2 Å². The maximum absolute atomic E-state index is 12.3. The summed E-state index contributed by atoms with van der Waals surface area (Å²) in [5.41, 5.74) is 5.69. The van der Waals surface area contributed by atoms with Crippen LogP contribution in [-0.4, -0.2) is 48.1 Å². The second-order valence-electron chi connectivity index (χ2n) is 8.60. The number of fused-ring (bicyclic) bond motifs is 3. The first-order chi connectivity index (χ1) is 15.7. The van der Waals surface area contributed by atoms with Crippen molar-refractivity contribution in [1.82, 2.24) is 10.8 Å². The Bertz CT molecular complexity index is 970. The number of hydroxylamine groups is 1. The number of carboxylic acids is 1. The summed E-state index contributed by atoms with van der Waals surface area (Å²) in [5, 5.41) is 11.7. The van der Waals surface area contributed by atoms with Crippen molar-refractivity contribution in [2.75, 3.05) is 13.2 Å². The van der Waals surface area contributed by atoms with Crippen LogP contribution in [0.15, 0.2) is 48.5 Å². The molecule has 0 saturated carbocycles. The number of carboxylic acid groups (broad SMARTS) is 1. The molecule has 3 rings (SSSR count). The molecule has 33 heavy (non-hydrogen) atoms. The topological polar surface area (TPSA) is 123 Å². The van der Waals surface area contributed by atoms with Crippen molar-refractivity contribution in [3.05, 3.63) is 59.7 Å². The van der Waals surface area contributed by atoms with Gasteiger partial charge in [0.1, 0.15) is 18.2 Å². The molecule has 2 aromatic carbocycles. The fraction of sp³-hybridized carbons (Fsp3) is 0.375. The van der Waals surface area contributed by atoms with E-state index in [1.54, 1.807) is 20.8 Å². The van der Waals surface area contributed by atoms with Gasteiger partial charge in [0.2, 0.25) is 0 Å². The highest BCUT2D eigenvalue weighted by atomic mass is 16.7. The molecule has 1 atom stereocenters. The van der Waals surface area contributed by atoms with Crippen molar-refractivity contribution in [3.8, 4) is 11.1 Å². The number of carbonyl (C=O) groups excluding carboxylic acids is 2. The Morgan fingerprint density at radius 1 is 0.970 bits per heavy atom. The molecule has 3 N–H and O–H groups in total. The predicted octanol–water partition coefficient (Wildman–Crippen LogP) is 3.82. The lowest BCUT2D eigenvalue weighted by Gasteiger charge is -2.20. The van der Waals surface area contributed by atoms with Gasteiger partial charge in [-0.2, -0.15) is 5.48 Å². The van der Waals surface area contributed by atoms with Crippen LogP contribution in [0.1, 0.15) is 44.2 Å². The van der Waals surface area contributed by atoms with Gasteiger partial charge in [0, 0.05) is 12.3 Å². The van der Waals surface area contributed by atoms with Crippen LogP contribution in [0.3, 0.4) is 0 Å². The fourth-order valence-electron chi connectivity index (χ4n) is 3.63. The zero-order chi connectivity index (χ0) is 24.0. The summed E-state index contributed by atoms with van der Waals surface area (Å²) in [5.74, 6) is -1.38. The van der Waals surface area contributed by atoms with Crippen LogP contribution in [0, 0.1) is 0 Å². The summed E-state index contributed by atoms with van der Waals surface area (Å²) in [7, 11) is 0. The first-order valence-electron chi connectivity index (χ1n) is 10.6. The van der Waals surface area contributed by atoms with Gasteiger partial charge in [0.15, 0.2) is 0 Å². The molecule has 1 aliphatic carbocycles. The van der Waals surface area contributed by atoms with E-state index in [1.165, 1.54) is 0 Å². The van der Waals surface area contributed by atoms with E-state index >= 15 is 0 Å². The Labute approximate surface area is 192 Å². The SMILES string of the molecule is CC(C)(C)OC(=O)NOCCC(NC(=O)OCC1c2ccccc2-c2ccccc21)C(=O)O. The first-order valence-corrected chi connectivity index (χ1v) is 10.6. The molecule has 2 amide bonds. The highest BCUT2D eigenvalue weighted by Gasteiger charge is 2.29. The Kier molecular flexibility index (Phi) is 7.55. The van der Waals surface area contributed by atoms with Crippen LogP contribution in [0.4, 0.5) is 9.59 Å². The van der Waals surface area contributed by atoms with Gasteiger partial charge in [0.25, 0.3) is 0 Å². The van der Waals surface area contributed by atoms with E-state index in [0.717, 1.165) is 22.3 Å². The number of rotatable bonds is 8. The van der Waals surface area contributed by atoms with Crippen molar-refractivity contribution in [3.63, 3.8) is 0 Å². The van der Waals surface area contributed by atoms with Gasteiger partial charge in [-0.3, -0.25) is 4.84 Å². The van der Waals surface area contributed by atoms with Crippen molar-refractivity contribution in [2.45, 2.75) is 44.8 Å². The molecule has 9 heteroatoms. The van der Waals surface area contributed by atoms with E-state index < -0.39 is 29.8 Å². The van der Waals surface area contributed by atoms with Gasteiger partial charge in [0.05, 0.1) is 6.61 Å². The lowest BCUT2D eigenvalue weighted by atomic mass is 9.98. The lowest BCUT2D eigenvalue weighted by molar-refractivity contribution is -0.140. The number of amides is 2. The highest BCUT2D eigenvalue weighted by molar-refractivity contribution is 5.81. The third-order valence-electron chi connectivity index (χ3n) is 5.00. The first kappa shape index (κ1) is 24.1. The second kappa shape index (κ2) is 10.4. The normalized spacial score (nSPS) is 13.4. The second-order valence-corrected chi connectivity index (χ2v) is 8.60. The van der Waals surface area contributed by atoms with Gasteiger partial charge in [-0.1, -0.05) is 48.5 Å². The number of alkyl carbamates (subject to hydrolysis) is 1. The molecule has 0 heterocycles. The molecule has 0 bridgehead atoms. The zero-order valence-corrected chi connectivity index (χ0v) is 18.8. The Morgan fingerprint density at radius 2 is 1.55 bits per heavy atom. The maximum Gasteiger partial charge on any atom is 0.431 e. The van der Waals surface area contributed by atoms with E-state index in [-0.39, 0.29) is 25.6 Å². The Balaban J connectivity index is 1.50. The fourth-order valence-corrected chi connectivity index (χ4v) is 3.63. The summed E-state index contributed by atoms with van der Waals surface area (Å²) in [6.45, 7) is 5.02. The summed E-state index contributed by atoms with van der Waals surface area (Å²) >= 11 is 0. The number of ether oxygens (including phenoxy) is 2. The quantitative estimate of drug-likeness (QED) is 0.407. The molecule has 0 aliphatic heterocycles. The molecular weight excluding hydrogens is 428 g/mol. The minimum Gasteiger partial charge on any atom is -0.480 e. The van der Waals surface area contributed by atoms with Crippen LogP contribution in [0.25, 0.3) is 11.1 Å². The summed E-state index contributed by atoms with van der Waals surface area (Å²) < 4.78 is 10.4. The Morgan fingerprint density at radius 3 is 2.09 bits per heavy atom. The third-order valence-corrected chi connectivity index (χ3v) is 5.00. The van der Waals surface area contributed by atoms with Crippen LogP contribution in [0.2, 0.25) is 0 Å². The van der Waals surface area contributed by atoms with Crippen LogP contribution in [0.5, 0.6) is 0 Å². The predicted molar refractivity (Wildman–Crippen MR) is 120 cm³/mol. The summed E-state index contributed by atoms with van der Waals surface area (Å²) in [6.07, 6.45) is -1.72. The van der Waals surface area contributed by atoms with Crippen molar-refractivity contribution >= 4 is 18.2 Å². The monoisotopic (exact) mass is 456 g/mol. The summed E-state index contributed by atoms with van der Waals surface area (Å²) in [6, 6.07) is 14.6. The molecule has 0 saturated heterocycles. The van der Waals surface area contributed by atoms with Crippen molar-refractivity contribution in [2.24, 2.45) is 0 Å². The van der Waals surface area contributed by atoms with Gasteiger partial charge in [-0.25, -0.2) is 14.4 Å². The number of benzene rings is 2. The molecule has 9 nitrogen and oxygen atoms in total. The number of aliphatic carboxylic acids is 1. The summed E-state index contributed by atoms with van der Waals surface area (Å²) in [4.78, 5) is 40.3. The van der Waals surface area contributed by atoms with Gasteiger partial charge in [-0.05, 0) is 43.0 Å². The molecule has 0 spiro atoms. The van der Waals surface area contributed by atoms with Crippen molar-refractivity contribution < 1.29 is 33.8 Å². The average molecular weight is 456 g/mol. The number of carbonyl (C=O) groups is 3. The van der Waals surface area contributed by atoms with Crippen LogP contribution in [-0.2, 0) is 19.1 Å².